The van der Waals surface area contributed by atoms with E-state index in [-0.39, 0.29) is 95.4 Å². The van der Waals surface area contributed by atoms with Crippen LogP contribution in [0.4, 0.5) is 0 Å². The van der Waals surface area contributed by atoms with Crippen LogP contribution in [-0.2, 0) is 69.2 Å². The van der Waals surface area contributed by atoms with Gasteiger partial charge in [-0.1, -0.05) is 0 Å². The fourth-order valence-electron chi connectivity index (χ4n) is 0. The predicted molar refractivity (Wildman–Crippen MR) is 9.19 cm³/mol. The van der Waals surface area contributed by atoms with Gasteiger partial charge in [-0.15, -0.1) is 0 Å². The van der Waals surface area contributed by atoms with E-state index in [1.807, 2.05) is 0 Å². The van der Waals surface area contributed by atoms with E-state index >= 15 is 0 Å². The molecule has 0 saturated carbocycles. The first-order valence-corrected chi connectivity index (χ1v) is 0. The Labute approximate surface area is 94.5 Å². The Kier molecular flexibility index (Phi) is 3430. The van der Waals surface area contributed by atoms with Crippen LogP contribution in [0.5, 0.6) is 0 Å². The van der Waals surface area contributed by atoms with Gasteiger partial charge in [0.2, 0.25) is 0 Å². The summed E-state index contributed by atoms with van der Waals surface area (Å²) in [5, 5.41) is 0. The van der Waals surface area contributed by atoms with E-state index in [2.05, 4.69) is 0 Å². The largest absolute Gasteiger partial charge is 5.00 e. The van der Waals surface area contributed by atoms with Crippen LogP contribution in [0.15, 0.2) is 0 Å². The molecule has 0 atom stereocenters. The number of hydrogen-bond acceptors (Lipinski definition) is 0. The van der Waals surface area contributed by atoms with Gasteiger partial charge in [-0.3, -0.25) is 0 Å². The Bertz CT molecular complexity index is 12.4. The summed E-state index contributed by atoms with van der Waals surface area (Å²) in [6, 6.07) is 0. The number of hydrogen-bond donors (Lipinski definition) is 0. The fourth-order valence-corrected chi connectivity index (χ4v) is 0. The normalized spacial score (nSPS) is 0. The maximum Gasteiger partial charge on any atom is 5.00 e. The van der Waals surface area contributed by atoms with E-state index in [0.29, 0.717) is 0 Å². The molecule has 8 heavy (non-hydrogen) atoms. The van der Waals surface area contributed by atoms with Crippen molar-refractivity contribution >= 4 is 26.2 Å². The van der Waals surface area contributed by atoms with Gasteiger partial charge < -0.3 is 27.4 Å². The molecule has 0 aliphatic heterocycles. The maximum atomic E-state index is 0. The van der Waals surface area contributed by atoms with Gasteiger partial charge in [0.1, 0.15) is 0 Å². The fraction of sp³-hybridized carbons (Fsp3) is 0. The van der Waals surface area contributed by atoms with Crippen LogP contribution >= 0.6 is 0 Å². The second kappa shape index (κ2) is 140. The first kappa shape index (κ1) is 196. The molecule has 0 aromatic carbocycles. The molecule has 0 bridgehead atoms. The van der Waals surface area contributed by atoms with Crippen LogP contribution in [0.25, 0.3) is 0 Å². The molecule has 0 N–H and O–H groups in total. The third-order valence-corrected chi connectivity index (χ3v) is 0. The van der Waals surface area contributed by atoms with Crippen molar-refractivity contribution in [3.05, 3.63) is 0 Å². The SMILES string of the molecule is [Bi+3].[Nb+5].[O-2].[O-2].[O-2].[O-2].[O-2].[Zn+2]. The van der Waals surface area contributed by atoms with Crippen molar-refractivity contribution in [2.75, 3.05) is 0 Å². The standard InChI is InChI=1S/Bi.Nb.5O.Zn/q+3;+5;5*-2;+2. The molecule has 0 saturated heterocycles. The summed E-state index contributed by atoms with van der Waals surface area (Å²) in [5.74, 6) is 0. The second-order valence-corrected chi connectivity index (χ2v) is 0. The van der Waals surface area contributed by atoms with Gasteiger partial charge in [-0.25, -0.2) is 0 Å². The molecule has 5 nitrogen and oxygen atoms in total. The Balaban J connectivity index is 0. The van der Waals surface area contributed by atoms with Gasteiger partial charge in [0.05, 0.1) is 0 Å². The third kappa shape index (κ3) is 95.4. The first-order valence-electron chi connectivity index (χ1n) is 0. The molecule has 0 amide bonds. The summed E-state index contributed by atoms with van der Waals surface area (Å²) in [7, 11) is 0. The quantitative estimate of drug-likeness (QED) is 0.421. The van der Waals surface area contributed by atoms with Crippen LogP contribution in [0.1, 0.15) is 0 Å². The molecular weight excluding hydrogens is 447 g/mol. The van der Waals surface area contributed by atoms with Gasteiger partial charge in [-0.05, 0) is 0 Å². The van der Waals surface area contributed by atoms with Gasteiger partial charge in [-0.2, -0.15) is 0 Å². The third-order valence-electron chi connectivity index (χ3n) is 0. The zero-order chi connectivity index (χ0) is 0. The maximum absolute atomic E-state index is 0. The van der Waals surface area contributed by atoms with Gasteiger partial charge >= 0.3 is 68.1 Å². The van der Waals surface area contributed by atoms with Crippen molar-refractivity contribution in [3.63, 3.8) is 0 Å². The van der Waals surface area contributed by atoms with Gasteiger partial charge in [0.25, 0.3) is 0 Å². The van der Waals surface area contributed by atoms with Crippen LogP contribution in [0.2, 0.25) is 0 Å². The molecule has 0 aliphatic rings. The van der Waals surface area contributed by atoms with Crippen molar-refractivity contribution < 1.29 is 69.2 Å². The summed E-state index contributed by atoms with van der Waals surface area (Å²) >= 11 is 0. The topological polar surface area (TPSA) is 142 Å². The summed E-state index contributed by atoms with van der Waals surface area (Å²) in [5.41, 5.74) is 0. The van der Waals surface area contributed by atoms with Crippen molar-refractivity contribution in [2.24, 2.45) is 0 Å². The van der Waals surface area contributed by atoms with E-state index in [1.165, 1.54) is 0 Å². The van der Waals surface area contributed by atoms with Crippen LogP contribution < -0.4 is 0 Å². The Hall–Kier alpha value is 2.05. The van der Waals surface area contributed by atoms with Gasteiger partial charge in [0, 0.05) is 0 Å². The van der Waals surface area contributed by atoms with E-state index < -0.39 is 0 Å². The molecule has 0 unspecified atom stereocenters. The molecule has 0 aliphatic carbocycles. The van der Waals surface area contributed by atoms with Crippen molar-refractivity contribution in [1.82, 2.24) is 0 Å². The Morgan fingerprint density at radius 3 is 0.500 bits per heavy atom. The zero-order valence-electron chi connectivity index (χ0n) is 3.64. The van der Waals surface area contributed by atoms with Crippen LogP contribution in [-0.4, -0.2) is 26.2 Å². The monoisotopic (exact) mass is 446 g/mol. The van der Waals surface area contributed by atoms with Crippen molar-refractivity contribution in [1.29, 1.82) is 0 Å². The molecule has 0 aromatic heterocycles. The average Bonchev–Trinajstić information content (AvgIpc) is 0. The molecule has 8 heteroatoms. The van der Waals surface area contributed by atoms with E-state index in [9.17, 15) is 0 Å². The zero-order valence-corrected chi connectivity index (χ0v) is 12.3. The predicted octanol–water partition coefficient (Wildman–Crippen LogP) is -0.980. The molecule has 2 radical (unpaired) electrons. The van der Waals surface area contributed by atoms with Gasteiger partial charge in [0.15, 0.2) is 0 Å². The second-order valence-electron chi connectivity index (χ2n) is 0. The minimum Gasteiger partial charge on any atom is -2.00 e. The molecule has 0 heterocycles. The summed E-state index contributed by atoms with van der Waals surface area (Å²) in [4.78, 5) is 0. The molecule has 42 valence electrons. The minimum absolute atomic E-state index is 0. The molecule has 0 rings (SSSR count). The van der Waals surface area contributed by atoms with E-state index in [0.717, 1.165) is 0 Å². The molecule has 0 aromatic rings. The first-order chi connectivity index (χ1) is 0. The summed E-state index contributed by atoms with van der Waals surface area (Å²) < 4.78 is 0. The van der Waals surface area contributed by atoms with Crippen molar-refractivity contribution in [3.8, 4) is 0 Å². The minimum atomic E-state index is 0. The smallest absolute Gasteiger partial charge is 2.00 e. The average molecular weight is 447 g/mol. The van der Waals surface area contributed by atoms with Crippen LogP contribution in [0, 0.1) is 0 Å². The van der Waals surface area contributed by atoms with E-state index in [4.69, 9.17) is 0 Å². The molecule has 0 spiro atoms. The summed E-state index contributed by atoms with van der Waals surface area (Å²) in [6.07, 6.45) is 0. The number of rotatable bonds is 0. The molecule has 0 fully saturated rings. The summed E-state index contributed by atoms with van der Waals surface area (Å²) in [6.45, 7) is 0. The van der Waals surface area contributed by atoms with Crippen LogP contribution in [0.3, 0.4) is 0 Å². The Morgan fingerprint density at radius 2 is 0.500 bits per heavy atom. The molecular formula is BiNbO5Zn. The Morgan fingerprint density at radius 1 is 0.500 bits per heavy atom. The van der Waals surface area contributed by atoms with Crippen molar-refractivity contribution in [2.45, 2.75) is 0 Å². The van der Waals surface area contributed by atoms with E-state index in [1.54, 1.807) is 0 Å².